The van der Waals surface area contributed by atoms with E-state index in [2.05, 4.69) is 9.88 Å². The Bertz CT molecular complexity index is 507. The third kappa shape index (κ3) is 3.61. The van der Waals surface area contributed by atoms with Crippen molar-refractivity contribution in [2.45, 2.75) is 12.6 Å². The summed E-state index contributed by atoms with van der Waals surface area (Å²) in [6, 6.07) is 0.624. The average Bonchev–Trinajstić information content (AvgIpc) is 2.32. The van der Waals surface area contributed by atoms with Crippen LogP contribution in [0.4, 0.5) is 13.2 Å². The van der Waals surface area contributed by atoms with E-state index in [0.29, 0.717) is 25.1 Å². The number of nitrogens with one attached hydrogen (secondary N) is 1. The molecule has 1 saturated heterocycles. The van der Waals surface area contributed by atoms with Gasteiger partial charge < -0.3 is 14.6 Å². The first kappa shape index (κ1) is 15.1. The summed E-state index contributed by atoms with van der Waals surface area (Å²) >= 11 is 0. The van der Waals surface area contributed by atoms with Gasteiger partial charge in [-0.3, -0.25) is 4.79 Å². The van der Waals surface area contributed by atoms with Crippen molar-refractivity contribution in [2.75, 3.05) is 33.4 Å². The topological polar surface area (TPSA) is 45.3 Å². The first-order valence-electron chi connectivity index (χ1n) is 6.40. The molecule has 0 bridgehead atoms. The summed E-state index contributed by atoms with van der Waals surface area (Å²) in [7, 11) is 1.64. The summed E-state index contributed by atoms with van der Waals surface area (Å²) in [5, 5.41) is 0. The lowest BCUT2D eigenvalue weighted by atomic mass is 9.99. The number of aromatic nitrogens is 1. The molecule has 0 atom stereocenters. The van der Waals surface area contributed by atoms with E-state index in [1.165, 1.54) is 0 Å². The molecule has 112 valence electrons. The molecule has 1 aromatic heterocycles. The van der Waals surface area contributed by atoms with Gasteiger partial charge in [-0.2, -0.15) is 13.2 Å². The summed E-state index contributed by atoms with van der Waals surface area (Å²) in [5.74, 6) is 0.470. The number of methoxy groups -OCH3 is 1. The van der Waals surface area contributed by atoms with Gasteiger partial charge in [-0.15, -0.1) is 0 Å². The molecule has 1 aliphatic rings. The Kier molecular flexibility index (Phi) is 4.49. The number of rotatable bonds is 5. The minimum absolute atomic E-state index is 0.132. The quantitative estimate of drug-likeness (QED) is 0.894. The van der Waals surface area contributed by atoms with Crippen LogP contribution in [0, 0.1) is 5.92 Å². The first-order valence-corrected chi connectivity index (χ1v) is 6.40. The minimum Gasteiger partial charge on any atom is -0.384 e. The van der Waals surface area contributed by atoms with Crippen LogP contribution in [0.1, 0.15) is 11.1 Å². The Morgan fingerprint density at radius 1 is 1.45 bits per heavy atom. The van der Waals surface area contributed by atoms with Crippen LogP contribution in [0.15, 0.2) is 17.1 Å². The van der Waals surface area contributed by atoms with Gasteiger partial charge in [0, 0.05) is 44.9 Å². The van der Waals surface area contributed by atoms with Crippen LogP contribution in [-0.4, -0.2) is 43.2 Å². The van der Waals surface area contributed by atoms with E-state index in [4.69, 9.17) is 4.74 Å². The van der Waals surface area contributed by atoms with Gasteiger partial charge in [0.15, 0.2) is 0 Å². The molecule has 2 rings (SSSR count). The van der Waals surface area contributed by atoms with Gasteiger partial charge in [-0.1, -0.05) is 0 Å². The second-order valence-corrected chi connectivity index (χ2v) is 5.06. The highest BCUT2D eigenvalue weighted by atomic mass is 19.4. The first-order chi connectivity index (χ1) is 9.40. The number of halogens is 3. The van der Waals surface area contributed by atoms with Crippen LogP contribution >= 0.6 is 0 Å². The molecule has 1 fully saturated rings. The van der Waals surface area contributed by atoms with E-state index < -0.39 is 17.3 Å². The number of hydrogen-bond acceptors (Lipinski definition) is 3. The highest BCUT2D eigenvalue weighted by Gasteiger charge is 2.34. The zero-order valence-corrected chi connectivity index (χ0v) is 11.2. The van der Waals surface area contributed by atoms with E-state index in [9.17, 15) is 18.0 Å². The van der Waals surface area contributed by atoms with Crippen LogP contribution in [0.3, 0.4) is 0 Å². The smallest absolute Gasteiger partial charge is 0.384 e. The zero-order chi connectivity index (χ0) is 14.8. The van der Waals surface area contributed by atoms with Crippen LogP contribution in [-0.2, 0) is 17.3 Å². The SMILES string of the molecule is COCC1CN(CCc2c[nH]c(=O)cc2C(F)(F)F)C1. The minimum atomic E-state index is -4.49. The predicted octanol–water partition coefficient (Wildman–Crippen LogP) is 1.51. The van der Waals surface area contributed by atoms with Gasteiger partial charge in [-0.25, -0.2) is 0 Å². The van der Waals surface area contributed by atoms with Crippen molar-refractivity contribution in [3.05, 3.63) is 33.7 Å². The predicted molar refractivity (Wildman–Crippen MR) is 67.6 cm³/mol. The van der Waals surface area contributed by atoms with Gasteiger partial charge in [0.2, 0.25) is 5.56 Å². The Labute approximate surface area is 114 Å². The summed E-state index contributed by atoms with van der Waals surface area (Å²) in [5.41, 5.74) is -1.44. The fraction of sp³-hybridized carbons (Fsp3) is 0.615. The molecule has 0 spiro atoms. The van der Waals surface area contributed by atoms with E-state index >= 15 is 0 Å². The molecule has 0 aromatic carbocycles. The molecule has 1 aromatic rings. The highest BCUT2D eigenvalue weighted by Crippen LogP contribution is 2.31. The molecule has 4 nitrogen and oxygen atoms in total. The third-order valence-corrected chi connectivity index (χ3v) is 3.45. The van der Waals surface area contributed by atoms with Crippen molar-refractivity contribution >= 4 is 0 Å². The second kappa shape index (κ2) is 5.97. The summed E-state index contributed by atoms with van der Waals surface area (Å²) in [6.45, 7) is 2.93. The van der Waals surface area contributed by atoms with Crippen LogP contribution in [0.2, 0.25) is 0 Å². The molecular weight excluding hydrogens is 273 g/mol. The number of H-pyrrole nitrogens is 1. The lowest BCUT2D eigenvalue weighted by Crippen LogP contribution is -2.49. The van der Waals surface area contributed by atoms with Crippen molar-refractivity contribution in [2.24, 2.45) is 5.92 Å². The number of hydrogen-bond donors (Lipinski definition) is 1. The molecule has 1 aliphatic heterocycles. The Morgan fingerprint density at radius 3 is 2.75 bits per heavy atom. The lowest BCUT2D eigenvalue weighted by Gasteiger charge is -2.39. The van der Waals surface area contributed by atoms with E-state index in [1.54, 1.807) is 7.11 Å². The number of aromatic amines is 1. The fourth-order valence-corrected chi connectivity index (χ4v) is 2.45. The van der Waals surface area contributed by atoms with Crippen LogP contribution < -0.4 is 5.56 Å². The molecule has 7 heteroatoms. The molecule has 0 aliphatic carbocycles. The Hall–Kier alpha value is -1.34. The van der Waals surface area contributed by atoms with Gasteiger partial charge >= 0.3 is 6.18 Å². The van der Waals surface area contributed by atoms with Crippen LogP contribution in [0.25, 0.3) is 0 Å². The maximum absolute atomic E-state index is 12.8. The molecule has 0 amide bonds. The maximum atomic E-state index is 12.8. The number of ether oxygens (including phenoxy) is 1. The third-order valence-electron chi connectivity index (χ3n) is 3.45. The van der Waals surface area contributed by atoms with Crippen LogP contribution in [0.5, 0.6) is 0 Å². The summed E-state index contributed by atoms with van der Waals surface area (Å²) in [6.07, 6.45) is -3.06. The number of nitrogens with zero attached hydrogens (tertiary/aromatic N) is 1. The fourth-order valence-electron chi connectivity index (χ4n) is 2.45. The number of pyridine rings is 1. The van der Waals surface area contributed by atoms with Gasteiger partial charge in [0.25, 0.3) is 0 Å². The maximum Gasteiger partial charge on any atom is 0.416 e. The molecule has 20 heavy (non-hydrogen) atoms. The highest BCUT2D eigenvalue weighted by molar-refractivity contribution is 5.26. The zero-order valence-electron chi connectivity index (χ0n) is 11.2. The molecule has 2 heterocycles. The lowest BCUT2D eigenvalue weighted by molar-refractivity contribution is -0.138. The molecular formula is C13H17F3N2O2. The summed E-state index contributed by atoms with van der Waals surface area (Å²) < 4.78 is 43.5. The monoisotopic (exact) mass is 290 g/mol. The number of alkyl halides is 3. The largest absolute Gasteiger partial charge is 0.416 e. The average molecular weight is 290 g/mol. The van der Waals surface area contributed by atoms with Gasteiger partial charge in [-0.05, 0) is 12.0 Å². The van der Waals surface area contributed by atoms with Crippen molar-refractivity contribution in [3.63, 3.8) is 0 Å². The molecule has 0 unspecified atom stereocenters. The Balaban J connectivity index is 1.95. The van der Waals surface area contributed by atoms with Gasteiger partial charge in [0.05, 0.1) is 12.2 Å². The van der Waals surface area contributed by atoms with Crippen molar-refractivity contribution in [1.82, 2.24) is 9.88 Å². The van der Waals surface area contributed by atoms with Crippen molar-refractivity contribution in [3.8, 4) is 0 Å². The van der Waals surface area contributed by atoms with Crippen molar-refractivity contribution < 1.29 is 17.9 Å². The molecule has 0 saturated carbocycles. The van der Waals surface area contributed by atoms with Crippen molar-refractivity contribution in [1.29, 1.82) is 0 Å². The van der Waals surface area contributed by atoms with E-state index in [0.717, 1.165) is 19.3 Å². The van der Waals surface area contributed by atoms with E-state index in [1.807, 2.05) is 0 Å². The molecule has 1 N–H and O–H groups in total. The Morgan fingerprint density at radius 2 is 2.15 bits per heavy atom. The van der Waals surface area contributed by atoms with Gasteiger partial charge in [0.1, 0.15) is 0 Å². The normalized spacial score (nSPS) is 17.2. The standard InChI is InChI=1S/C13H17F3N2O2/c1-20-8-9-6-18(7-9)3-2-10-5-17-12(19)4-11(10)13(14,15)16/h4-5,9H,2-3,6-8H2,1H3,(H,17,19). The number of likely N-dealkylation sites (tertiary alicyclic amines) is 1. The molecule has 0 radical (unpaired) electrons. The second-order valence-electron chi connectivity index (χ2n) is 5.06. The van der Waals surface area contributed by atoms with E-state index in [-0.39, 0.29) is 12.0 Å². The summed E-state index contributed by atoms with van der Waals surface area (Å²) in [4.78, 5) is 15.4.